The zero-order valence-electron chi connectivity index (χ0n) is 19.0. The van der Waals surface area contributed by atoms with Crippen LogP contribution in [-0.2, 0) is 20.9 Å². The van der Waals surface area contributed by atoms with Gasteiger partial charge in [0.15, 0.2) is 5.69 Å². The molecule has 0 aliphatic carbocycles. The summed E-state index contributed by atoms with van der Waals surface area (Å²) in [5.74, 6) is -1.06. The second kappa shape index (κ2) is 16.2. The number of ether oxygens (including phenoxy) is 3. The third-order valence-corrected chi connectivity index (χ3v) is 5.53. The van der Waals surface area contributed by atoms with Gasteiger partial charge in [0.1, 0.15) is 35.7 Å². The zero-order chi connectivity index (χ0) is 24.1. The first kappa shape index (κ1) is 32.7. The van der Waals surface area contributed by atoms with Crippen molar-refractivity contribution in [1.29, 1.82) is 10.5 Å². The van der Waals surface area contributed by atoms with Crippen molar-refractivity contribution >= 4 is 20.0 Å². The van der Waals surface area contributed by atoms with Crippen molar-refractivity contribution in [1.82, 2.24) is 20.0 Å². The molecule has 11 nitrogen and oxygen atoms in total. The molecule has 0 aliphatic rings. The predicted octanol–water partition coefficient (Wildman–Crippen LogP) is 3.97. The molecule has 0 atom stereocenters. The number of hydrogen-bond acceptors (Lipinski definition) is 9. The van der Waals surface area contributed by atoms with E-state index in [1.54, 1.807) is 19.9 Å². The Bertz CT molecular complexity index is 981. The number of carbonyl (C=O) groups is 2. The van der Waals surface area contributed by atoms with Gasteiger partial charge in [-0.3, -0.25) is 5.10 Å². The third kappa shape index (κ3) is 10.9. The standard InChI is InChI=1S/C13H21N3O3Si.C7H7N3O2.2CH4/c1-5-19-13(17)11-9-16(15-12(11)8-14)10-18-6-7-20(2,3)4;1-2-12-7(11)5-4-9-10-6(5)3-8;;/h9H,5-7,10H2,1-4H3;4H,2H2,1H3,(H,9,10);2*1H4. The van der Waals surface area contributed by atoms with Gasteiger partial charge in [-0.15, -0.1) is 0 Å². The fourth-order valence-corrected chi connectivity index (χ4v) is 2.96. The summed E-state index contributed by atoms with van der Waals surface area (Å²) in [5, 5.41) is 27.4. The lowest BCUT2D eigenvalue weighted by atomic mass is 10.3. The molecule has 2 rings (SSSR count). The number of hydrogen-bond donors (Lipinski definition) is 1. The highest BCUT2D eigenvalue weighted by Crippen LogP contribution is 2.10. The van der Waals surface area contributed by atoms with Gasteiger partial charge < -0.3 is 14.2 Å². The van der Waals surface area contributed by atoms with E-state index in [1.165, 1.54) is 17.1 Å². The van der Waals surface area contributed by atoms with Crippen LogP contribution in [0.25, 0.3) is 0 Å². The van der Waals surface area contributed by atoms with Crippen molar-refractivity contribution in [3.8, 4) is 12.1 Å². The SMILES string of the molecule is C.C.CCOC(=O)c1cn(COCC[Si](C)(C)C)nc1C#N.CCOC(=O)c1cn[nH]c1C#N. The van der Waals surface area contributed by atoms with Gasteiger partial charge in [-0.25, -0.2) is 14.3 Å². The van der Waals surface area contributed by atoms with Gasteiger partial charge in [0.25, 0.3) is 0 Å². The molecule has 0 unspecified atom stereocenters. The Labute approximate surface area is 202 Å². The van der Waals surface area contributed by atoms with Crippen LogP contribution in [0.5, 0.6) is 0 Å². The Morgan fingerprint density at radius 1 is 1.06 bits per heavy atom. The highest BCUT2D eigenvalue weighted by molar-refractivity contribution is 6.76. The fraction of sp³-hybridized carbons (Fsp3) is 0.545. The molecule has 0 fully saturated rings. The lowest BCUT2D eigenvalue weighted by molar-refractivity contribution is 0.0515. The highest BCUT2D eigenvalue weighted by Gasteiger charge is 2.18. The van der Waals surface area contributed by atoms with E-state index in [-0.39, 0.29) is 57.3 Å². The quantitative estimate of drug-likeness (QED) is 0.311. The van der Waals surface area contributed by atoms with Gasteiger partial charge in [0, 0.05) is 20.9 Å². The van der Waals surface area contributed by atoms with Crippen molar-refractivity contribution in [3.05, 3.63) is 34.9 Å². The van der Waals surface area contributed by atoms with Crippen molar-refractivity contribution in [2.75, 3.05) is 19.8 Å². The van der Waals surface area contributed by atoms with Crippen molar-refractivity contribution in [2.45, 2.75) is 61.1 Å². The Morgan fingerprint density at radius 3 is 2.15 bits per heavy atom. The Kier molecular flexibility index (Phi) is 15.6. The maximum absolute atomic E-state index is 11.6. The number of aromatic amines is 1. The van der Waals surface area contributed by atoms with Crippen LogP contribution in [-0.4, -0.2) is 59.8 Å². The average molecular weight is 493 g/mol. The molecule has 0 spiro atoms. The van der Waals surface area contributed by atoms with E-state index in [1.807, 2.05) is 6.07 Å². The average Bonchev–Trinajstić information content (AvgIpc) is 3.38. The van der Waals surface area contributed by atoms with Gasteiger partial charge in [0.05, 0.1) is 19.4 Å². The number of nitrogens with zero attached hydrogens (tertiary/aromatic N) is 5. The number of nitriles is 2. The van der Waals surface area contributed by atoms with Crippen LogP contribution in [0.3, 0.4) is 0 Å². The molecule has 0 saturated heterocycles. The minimum Gasteiger partial charge on any atom is -0.462 e. The molecule has 0 aromatic carbocycles. The number of carbonyl (C=O) groups excluding carboxylic acids is 2. The minimum absolute atomic E-state index is 0. The molecule has 0 bridgehead atoms. The first-order chi connectivity index (χ1) is 15.2. The third-order valence-electron chi connectivity index (χ3n) is 3.83. The largest absolute Gasteiger partial charge is 0.462 e. The van der Waals surface area contributed by atoms with E-state index in [2.05, 4.69) is 39.7 Å². The van der Waals surface area contributed by atoms with Crippen LogP contribution in [0.2, 0.25) is 25.7 Å². The van der Waals surface area contributed by atoms with E-state index in [0.717, 1.165) is 6.04 Å². The second-order valence-corrected chi connectivity index (χ2v) is 13.2. The number of nitrogens with one attached hydrogen (secondary N) is 1. The molecular formula is C22H36N6O5Si. The molecule has 2 aromatic heterocycles. The van der Waals surface area contributed by atoms with Crippen molar-refractivity contribution < 1.29 is 23.8 Å². The summed E-state index contributed by atoms with van der Waals surface area (Å²) in [5.41, 5.74) is 0.563. The van der Waals surface area contributed by atoms with E-state index in [0.29, 0.717) is 6.61 Å². The molecule has 188 valence electrons. The molecule has 0 saturated carbocycles. The molecule has 0 radical (unpaired) electrons. The van der Waals surface area contributed by atoms with Gasteiger partial charge in [-0.2, -0.15) is 20.7 Å². The van der Waals surface area contributed by atoms with Crippen LogP contribution in [0.4, 0.5) is 0 Å². The molecular weight excluding hydrogens is 456 g/mol. The van der Waals surface area contributed by atoms with Gasteiger partial charge in [0.2, 0.25) is 0 Å². The summed E-state index contributed by atoms with van der Waals surface area (Å²) in [6.07, 6.45) is 2.77. The summed E-state index contributed by atoms with van der Waals surface area (Å²) in [6, 6.07) is 4.74. The molecule has 12 heteroatoms. The van der Waals surface area contributed by atoms with E-state index in [9.17, 15) is 9.59 Å². The zero-order valence-corrected chi connectivity index (χ0v) is 20.0. The number of esters is 2. The molecule has 2 heterocycles. The van der Waals surface area contributed by atoms with Crippen LogP contribution >= 0.6 is 0 Å². The van der Waals surface area contributed by atoms with E-state index >= 15 is 0 Å². The summed E-state index contributed by atoms with van der Waals surface area (Å²) >= 11 is 0. The predicted molar refractivity (Wildman–Crippen MR) is 130 cm³/mol. The van der Waals surface area contributed by atoms with Gasteiger partial charge >= 0.3 is 11.9 Å². The first-order valence-electron chi connectivity index (χ1n) is 9.99. The van der Waals surface area contributed by atoms with Crippen LogP contribution in [0.1, 0.15) is 60.8 Å². The Balaban J connectivity index is 0. The lowest BCUT2D eigenvalue weighted by Gasteiger charge is -2.15. The first-order valence-corrected chi connectivity index (χ1v) is 13.7. The lowest BCUT2D eigenvalue weighted by Crippen LogP contribution is -2.22. The molecule has 0 aliphatic heterocycles. The summed E-state index contributed by atoms with van der Waals surface area (Å²) in [4.78, 5) is 22.7. The summed E-state index contributed by atoms with van der Waals surface area (Å²) < 4.78 is 16.5. The molecule has 1 N–H and O–H groups in total. The van der Waals surface area contributed by atoms with E-state index < -0.39 is 20.0 Å². The Hall–Kier alpha value is -3.48. The number of aromatic nitrogens is 4. The maximum atomic E-state index is 11.6. The van der Waals surface area contributed by atoms with Gasteiger partial charge in [-0.05, 0) is 19.9 Å². The monoisotopic (exact) mass is 492 g/mol. The minimum atomic E-state index is -1.12. The topological polar surface area (TPSA) is 156 Å². The van der Waals surface area contributed by atoms with Crippen LogP contribution in [0, 0.1) is 22.7 Å². The van der Waals surface area contributed by atoms with Crippen molar-refractivity contribution in [3.63, 3.8) is 0 Å². The molecule has 0 amide bonds. The number of rotatable bonds is 9. The molecule has 2 aromatic rings. The van der Waals surface area contributed by atoms with Gasteiger partial charge in [-0.1, -0.05) is 34.5 Å². The number of H-pyrrole nitrogens is 1. The second-order valence-electron chi connectivity index (χ2n) is 7.60. The van der Waals surface area contributed by atoms with E-state index in [4.69, 9.17) is 20.0 Å². The van der Waals surface area contributed by atoms with Crippen LogP contribution in [0.15, 0.2) is 12.4 Å². The summed E-state index contributed by atoms with van der Waals surface area (Å²) in [6.45, 7) is 11.7. The summed E-state index contributed by atoms with van der Waals surface area (Å²) in [7, 11) is -1.12. The normalized spacial score (nSPS) is 9.74. The fourth-order valence-electron chi connectivity index (χ4n) is 2.20. The van der Waals surface area contributed by atoms with Crippen LogP contribution < -0.4 is 0 Å². The smallest absolute Gasteiger partial charge is 0.342 e. The molecule has 34 heavy (non-hydrogen) atoms. The van der Waals surface area contributed by atoms with Crippen molar-refractivity contribution in [2.24, 2.45) is 0 Å². The Morgan fingerprint density at radius 2 is 1.65 bits per heavy atom. The maximum Gasteiger partial charge on any atom is 0.342 e. The highest BCUT2D eigenvalue weighted by atomic mass is 28.3.